The molecule has 1 aromatic rings. The van der Waals surface area contributed by atoms with Crippen LogP contribution >= 0.6 is 15.9 Å². The van der Waals surface area contributed by atoms with Gasteiger partial charge in [0.2, 0.25) is 0 Å². The van der Waals surface area contributed by atoms with Gasteiger partial charge in [-0.25, -0.2) is 4.79 Å². The zero-order chi connectivity index (χ0) is 17.4. The number of halogens is 1. The van der Waals surface area contributed by atoms with E-state index in [0.29, 0.717) is 12.8 Å². The van der Waals surface area contributed by atoms with E-state index < -0.39 is 17.4 Å². The van der Waals surface area contributed by atoms with Crippen LogP contribution in [0.4, 0.5) is 0 Å². The molecule has 2 rings (SSSR count). The maximum Gasteiger partial charge on any atom is 0.331 e. The van der Waals surface area contributed by atoms with Gasteiger partial charge in [0.1, 0.15) is 5.54 Å². The number of rotatable bonds is 5. The highest BCUT2D eigenvalue weighted by molar-refractivity contribution is 9.10. The van der Waals surface area contributed by atoms with Crippen molar-refractivity contribution >= 4 is 33.9 Å². The number of ether oxygens (including phenoxy) is 1. The van der Waals surface area contributed by atoms with Crippen LogP contribution in [-0.4, -0.2) is 24.0 Å². The fourth-order valence-electron chi connectivity index (χ4n) is 2.68. The van der Waals surface area contributed by atoms with Gasteiger partial charge in [0.15, 0.2) is 6.61 Å². The molecule has 1 aromatic carbocycles. The van der Waals surface area contributed by atoms with Crippen LogP contribution in [0.2, 0.25) is 0 Å². The fourth-order valence-corrected chi connectivity index (χ4v) is 3.10. The molecule has 0 heterocycles. The van der Waals surface area contributed by atoms with Gasteiger partial charge in [0, 0.05) is 10.5 Å². The monoisotopic (exact) mass is 390 g/mol. The zero-order valence-electron chi connectivity index (χ0n) is 13.3. The molecule has 1 aliphatic rings. The van der Waals surface area contributed by atoms with E-state index in [9.17, 15) is 14.9 Å². The number of carbonyl (C=O) groups excluding carboxylic acids is 2. The fraction of sp³-hybridized carbons (Fsp3) is 0.389. The first-order chi connectivity index (χ1) is 11.5. The van der Waals surface area contributed by atoms with Gasteiger partial charge in [-0.1, -0.05) is 47.3 Å². The van der Waals surface area contributed by atoms with E-state index in [1.54, 1.807) is 6.08 Å². The molecule has 1 saturated carbocycles. The minimum atomic E-state index is -0.812. The summed E-state index contributed by atoms with van der Waals surface area (Å²) in [5.74, 6) is -1.04. The maximum absolute atomic E-state index is 11.9. The molecular formula is C18H19BrN2O3. The Morgan fingerprint density at radius 3 is 2.75 bits per heavy atom. The summed E-state index contributed by atoms with van der Waals surface area (Å²) in [5, 5.41) is 12.0. The van der Waals surface area contributed by atoms with E-state index in [4.69, 9.17) is 4.74 Å². The predicted octanol–water partition coefficient (Wildman–Crippen LogP) is 3.35. The molecule has 0 aliphatic heterocycles. The van der Waals surface area contributed by atoms with Crippen molar-refractivity contribution in [2.45, 2.75) is 37.6 Å². The van der Waals surface area contributed by atoms with Crippen molar-refractivity contribution in [3.63, 3.8) is 0 Å². The average molecular weight is 391 g/mol. The lowest BCUT2D eigenvalue weighted by Crippen LogP contribution is -2.49. The standard InChI is InChI=1S/C18H19BrN2O3/c19-15-6-4-5-14(11-15)7-8-17(23)24-12-16(22)21-18(13-20)9-2-1-3-10-18/h4-8,11H,1-3,9-10,12H2,(H,21,22)/b8-7+. The van der Waals surface area contributed by atoms with Crippen molar-refractivity contribution in [1.29, 1.82) is 5.26 Å². The van der Waals surface area contributed by atoms with Crippen LogP contribution in [0.3, 0.4) is 0 Å². The second kappa shape index (κ2) is 8.65. The highest BCUT2D eigenvalue weighted by atomic mass is 79.9. The van der Waals surface area contributed by atoms with Gasteiger partial charge in [-0.2, -0.15) is 5.26 Å². The van der Waals surface area contributed by atoms with Crippen LogP contribution in [0.25, 0.3) is 6.08 Å². The third-order valence-electron chi connectivity index (χ3n) is 3.91. The summed E-state index contributed by atoms with van der Waals surface area (Å²) in [4.78, 5) is 23.6. The number of amides is 1. The third-order valence-corrected chi connectivity index (χ3v) is 4.40. The van der Waals surface area contributed by atoms with E-state index in [1.165, 1.54) is 6.08 Å². The highest BCUT2D eigenvalue weighted by Gasteiger charge is 2.33. The molecule has 0 saturated heterocycles. The van der Waals surface area contributed by atoms with Crippen LogP contribution in [0, 0.1) is 11.3 Å². The quantitative estimate of drug-likeness (QED) is 0.617. The maximum atomic E-state index is 11.9. The Bertz CT molecular complexity index is 673. The number of benzene rings is 1. The first-order valence-corrected chi connectivity index (χ1v) is 8.65. The molecule has 126 valence electrons. The highest BCUT2D eigenvalue weighted by Crippen LogP contribution is 2.27. The molecule has 6 heteroatoms. The Balaban J connectivity index is 1.81. The van der Waals surface area contributed by atoms with Crippen molar-refractivity contribution in [3.05, 3.63) is 40.4 Å². The van der Waals surface area contributed by atoms with Gasteiger partial charge < -0.3 is 10.1 Å². The molecule has 0 spiro atoms. The molecule has 0 atom stereocenters. The third kappa shape index (κ3) is 5.50. The van der Waals surface area contributed by atoms with Gasteiger partial charge in [-0.15, -0.1) is 0 Å². The van der Waals surface area contributed by atoms with Crippen molar-refractivity contribution in [3.8, 4) is 6.07 Å². The molecule has 0 unspecified atom stereocenters. The van der Waals surface area contributed by atoms with Crippen molar-refractivity contribution in [2.24, 2.45) is 0 Å². The lowest BCUT2D eigenvalue weighted by molar-refractivity contribution is -0.144. The Morgan fingerprint density at radius 2 is 2.08 bits per heavy atom. The minimum absolute atomic E-state index is 0.384. The normalized spacial score (nSPS) is 16.3. The molecule has 24 heavy (non-hydrogen) atoms. The van der Waals surface area contributed by atoms with Crippen LogP contribution in [0.1, 0.15) is 37.7 Å². The second-order valence-electron chi connectivity index (χ2n) is 5.80. The average Bonchev–Trinajstić information content (AvgIpc) is 2.59. The molecule has 0 aromatic heterocycles. The summed E-state index contributed by atoms with van der Waals surface area (Å²) in [6.45, 7) is -0.384. The van der Waals surface area contributed by atoms with E-state index >= 15 is 0 Å². The van der Waals surface area contributed by atoms with Crippen LogP contribution in [0.15, 0.2) is 34.8 Å². The molecular weight excluding hydrogens is 372 g/mol. The molecule has 0 radical (unpaired) electrons. The Kier molecular flexibility index (Phi) is 6.56. The summed E-state index contributed by atoms with van der Waals surface area (Å²) in [6.07, 6.45) is 7.09. The largest absolute Gasteiger partial charge is 0.452 e. The number of nitriles is 1. The van der Waals surface area contributed by atoms with Crippen LogP contribution in [-0.2, 0) is 14.3 Å². The summed E-state index contributed by atoms with van der Waals surface area (Å²) in [7, 11) is 0. The van der Waals surface area contributed by atoms with E-state index in [1.807, 2.05) is 24.3 Å². The number of nitrogens with zero attached hydrogens (tertiary/aromatic N) is 1. The Hall–Kier alpha value is -2.13. The summed E-state index contributed by atoms with van der Waals surface area (Å²) in [5.41, 5.74) is 0.0323. The molecule has 1 N–H and O–H groups in total. The van der Waals surface area contributed by atoms with Gasteiger partial charge in [-0.05, 0) is 36.6 Å². The van der Waals surface area contributed by atoms with Crippen molar-refractivity contribution in [2.75, 3.05) is 6.61 Å². The van der Waals surface area contributed by atoms with Crippen LogP contribution in [0.5, 0.6) is 0 Å². The second-order valence-corrected chi connectivity index (χ2v) is 6.71. The zero-order valence-corrected chi connectivity index (χ0v) is 14.8. The summed E-state index contributed by atoms with van der Waals surface area (Å²) >= 11 is 3.35. The number of esters is 1. The summed E-state index contributed by atoms with van der Waals surface area (Å²) < 4.78 is 5.84. The first kappa shape index (κ1) is 18.2. The molecule has 1 amide bonds. The smallest absolute Gasteiger partial charge is 0.331 e. The lowest BCUT2D eigenvalue weighted by Gasteiger charge is -2.31. The predicted molar refractivity (Wildman–Crippen MR) is 93.7 cm³/mol. The Labute approximate surface area is 149 Å². The SMILES string of the molecule is N#CC1(NC(=O)COC(=O)/C=C/c2cccc(Br)c2)CCCCC1. The van der Waals surface area contributed by atoms with E-state index in [-0.39, 0.29) is 6.61 Å². The molecule has 5 nitrogen and oxygen atoms in total. The number of nitrogens with one attached hydrogen (secondary N) is 1. The Morgan fingerprint density at radius 1 is 1.33 bits per heavy atom. The van der Waals surface area contributed by atoms with E-state index in [2.05, 4.69) is 27.3 Å². The van der Waals surface area contributed by atoms with Gasteiger partial charge in [0.05, 0.1) is 6.07 Å². The van der Waals surface area contributed by atoms with Crippen molar-refractivity contribution < 1.29 is 14.3 Å². The lowest BCUT2D eigenvalue weighted by atomic mass is 9.83. The van der Waals surface area contributed by atoms with Gasteiger partial charge >= 0.3 is 5.97 Å². The molecule has 1 fully saturated rings. The molecule has 0 bridgehead atoms. The van der Waals surface area contributed by atoms with Gasteiger partial charge in [-0.3, -0.25) is 4.79 Å². The number of carbonyl (C=O) groups is 2. The topological polar surface area (TPSA) is 79.2 Å². The van der Waals surface area contributed by atoms with Crippen molar-refractivity contribution in [1.82, 2.24) is 5.32 Å². The first-order valence-electron chi connectivity index (χ1n) is 7.86. The van der Waals surface area contributed by atoms with E-state index in [0.717, 1.165) is 29.3 Å². The van der Waals surface area contributed by atoms with Crippen LogP contribution < -0.4 is 5.32 Å². The number of hydrogen-bond acceptors (Lipinski definition) is 4. The van der Waals surface area contributed by atoms with Gasteiger partial charge in [0.25, 0.3) is 5.91 Å². The summed E-state index contributed by atoms with van der Waals surface area (Å²) in [6, 6.07) is 9.64. The molecule has 1 aliphatic carbocycles. The minimum Gasteiger partial charge on any atom is -0.452 e. The number of hydrogen-bond donors (Lipinski definition) is 1.